The number of hydrogen-bond acceptors (Lipinski definition) is 8. The van der Waals surface area contributed by atoms with Gasteiger partial charge in [0.15, 0.2) is 11.5 Å². The molecule has 10 nitrogen and oxygen atoms in total. The first-order chi connectivity index (χ1) is 14.5. The molecule has 5 rings (SSSR count). The molecule has 0 unspecified atom stereocenters. The summed E-state index contributed by atoms with van der Waals surface area (Å²) in [6, 6.07) is 5.33. The van der Waals surface area contributed by atoms with Crippen molar-refractivity contribution in [2.75, 3.05) is 24.7 Å². The fraction of sp³-hybridized carbons (Fsp3) is 0.263. The molecule has 5 heterocycles. The van der Waals surface area contributed by atoms with Crippen molar-refractivity contribution >= 4 is 37.9 Å². The number of nitrogens with one attached hydrogen (secondary N) is 1. The van der Waals surface area contributed by atoms with Crippen molar-refractivity contribution in [1.29, 1.82) is 5.26 Å². The first-order valence-corrected chi connectivity index (χ1v) is 10.8. The summed E-state index contributed by atoms with van der Waals surface area (Å²) in [4.78, 5) is 18.8. The van der Waals surface area contributed by atoms with E-state index < -0.39 is 10.0 Å². The van der Waals surface area contributed by atoms with Gasteiger partial charge in [0.05, 0.1) is 24.6 Å². The minimum absolute atomic E-state index is 0.0466. The second-order valence-electron chi connectivity index (χ2n) is 7.03. The molecule has 1 saturated heterocycles. The maximum Gasteiger partial charge on any atom is 0.334 e. The van der Waals surface area contributed by atoms with E-state index in [2.05, 4.69) is 19.9 Å². The molecule has 4 aromatic rings. The lowest BCUT2D eigenvalue weighted by atomic mass is 10.1. The Morgan fingerprint density at radius 1 is 1.27 bits per heavy atom. The number of anilines is 1. The highest BCUT2D eigenvalue weighted by molar-refractivity contribution is 7.94. The summed E-state index contributed by atoms with van der Waals surface area (Å²) in [6.45, 7) is 3.71. The van der Waals surface area contributed by atoms with Crippen LogP contribution in [0.25, 0.3) is 33.5 Å². The van der Waals surface area contributed by atoms with Gasteiger partial charge in [0, 0.05) is 36.1 Å². The van der Waals surface area contributed by atoms with Crippen molar-refractivity contribution in [2.45, 2.75) is 13.0 Å². The molecular formula is C19H17N7O3S. The van der Waals surface area contributed by atoms with Crippen LogP contribution in [0.2, 0.25) is 0 Å². The Hall–Kier alpha value is -3.49. The number of H-pyrrole nitrogens is 1. The predicted molar refractivity (Wildman–Crippen MR) is 110 cm³/mol. The van der Waals surface area contributed by atoms with E-state index in [0.717, 1.165) is 9.36 Å². The number of ether oxygens (including phenoxy) is 1. The average molecular weight is 423 g/mol. The summed E-state index contributed by atoms with van der Waals surface area (Å²) in [7, 11) is -4.20. The van der Waals surface area contributed by atoms with Crippen LogP contribution in [0.1, 0.15) is 6.92 Å². The van der Waals surface area contributed by atoms with Crippen LogP contribution in [-0.4, -0.2) is 58.1 Å². The Labute approximate surface area is 171 Å². The zero-order chi connectivity index (χ0) is 20.9. The van der Waals surface area contributed by atoms with Crippen LogP contribution < -0.4 is 4.90 Å². The van der Waals surface area contributed by atoms with E-state index in [1.165, 1.54) is 11.6 Å². The van der Waals surface area contributed by atoms with E-state index in [0.29, 0.717) is 48.0 Å². The number of pyridine rings is 1. The summed E-state index contributed by atoms with van der Waals surface area (Å²) in [5, 5.41) is 11.9. The van der Waals surface area contributed by atoms with Crippen molar-refractivity contribution in [3.63, 3.8) is 0 Å². The van der Waals surface area contributed by atoms with E-state index in [1.54, 1.807) is 24.5 Å². The zero-order valence-electron chi connectivity index (χ0n) is 16.0. The van der Waals surface area contributed by atoms with E-state index in [1.807, 2.05) is 13.0 Å². The Balaban J connectivity index is 1.83. The smallest absolute Gasteiger partial charge is 0.334 e. The number of morpholine rings is 1. The molecular weight excluding hydrogens is 406 g/mol. The van der Waals surface area contributed by atoms with Crippen molar-refractivity contribution in [2.24, 2.45) is 0 Å². The summed E-state index contributed by atoms with van der Waals surface area (Å²) in [6.07, 6.45) is 4.76. The summed E-state index contributed by atoms with van der Waals surface area (Å²) in [5.74, 6) is 0.967. The van der Waals surface area contributed by atoms with Gasteiger partial charge in [-0.05, 0) is 25.1 Å². The number of fused-ring (bicyclic) bond motifs is 2. The predicted octanol–water partition coefficient (Wildman–Crippen LogP) is 1.86. The van der Waals surface area contributed by atoms with E-state index >= 15 is 0 Å². The molecule has 152 valence electrons. The maximum absolute atomic E-state index is 12.3. The topological polar surface area (TPSA) is 130 Å². The molecule has 0 aliphatic carbocycles. The van der Waals surface area contributed by atoms with Crippen molar-refractivity contribution in [3.8, 4) is 16.8 Å². The van der Waals surface area contributed by atoms with Gasteiger partial charge in [0.1, 0.15) is 11.5 Å². The molecule has 1 N–H and O–H groups in total. The Bertz CT molecular complexity index is 1420. The lowest BCUT2D eigenvalue weighted by Gasteiger charge is -2.34. The van der Waals surface area contributed by atoms with Gasteiger partial charge in [0.2, 0.25) is 5.40 Å². The highest BCUT2D eigenvalue weighted by Gasteiger charge is 2.27. The van der Waals surface area contributed by atoms with Crippen molar-refractivity contribution in [1.82, 2.24) is 23.9 Å². The largest absolute Gasteiger partial charge is 0.377 e. The minimum atomic E-state index is -4.20. The van der Waals surface area contributed by atoms with Gasteiger partial charge in [-0.3, -0.25) is 0 Å². The molecule has 0 spiro atoms. The SMILES string of the molecule is C[C@@H]1COCCN1c1nc(-c2ccnc3[nH]ccc23)nc2c1ccn2S(=O)(=O)C#N. The number of nitrogens with zero attached hydrogens (tertiary/aromatic N) is 6. The van der Waals surface area contributed by atoms with Gasteiger partial charge in [-0.25, -0.2) is 18.9 Å². The Morgan fingerprint density at radius 3 is 2.93 bits per heavy atom. The Morgan fingerprint density at radius 2 is 2.13 bits per heavy atom. The van der Waals surface area contributed by atoms with Crippen molar-refractivity contribution < 1.29 is 13.2 Å². The third-order valence-corrected chi connectivity index (χ3v) is 6.25. The second-order valence-corrected chi connectivity index (χ2v) is 8.56. The van der Waals surface area contributed by atoms with E-state index in [9.17, 15) is 8.42 Å². The third-order valence-electron chi connectivity index (χ3n) is 5.21. The van der Waals surface area contributed by atoms with E-state index in [4.69, 9.17) is 15.0 Å². The first kappa shape index (κ1) is 18.5. The zero-order valence-corrected chi connectivity index (χ0v) is 16.8. The Kier molecular flexibility index (Phi) is 4.19. The molecule has 0 saturated carbocycles. The highest BCUT2D eigenvalue weighted by atomic mass is 32.2. The van der Waals surface area contributed by atoms with Gasteiger partial charge in [0.25, 0.3) is 0 Å². The molecule has 0 bridgehead atoms. The van der Waals surface area contributed by atoms with Gasteiger partial charge >= 0.3 is 10.0 Å². The normalized spacial score (nSPS) is 17.5. The first-order valence-electron chi connectivity index (χ1n) is 9.32. The molecule has 0 amide bonds. The highest BCUT2D eigenvalue weighted by Crippen LogP contribution is 2.33. The van der Waals surface area contributed by atoms with Gasteiger partial charge in [-0.2, -0.15) is 13.7 Å². The average Bonchev–Trinajstić information content (AvgIpc) is 3.40. The van der Waals surface area contributed by atoms with Gasteiger partial charge in [-0.15, -0.1) is 0 Å². The van der Waals surface area contributed by atoms with Crippen LogP contribution in [0, 0.1) is 10.7 Å². The number of nitriles is 1. The lowest BCUT2D eigenvalue weighted by Crippen LogP contribution is -2.44. The molecule has 0 radical (unpaired) electrons. The van der Waals surface area contributed by atoms with Gasteiger partial charge in [-0.1, -0.05) is 0 Å². The molecule has 1 fully saturated rings. The summed E-state index contributed by atoms with van der Waals surface area (Å²) < 4.78 is 31.1. The fourth-order valence-corrected chi connectivity index (χ4v) is 4.43. The standard InChI is InChI=1S/C19H17N7O3S/c1-12-10-29-9-8-25(12)18-15-4-7-26(30(27,28)11-20)19(15)24-17(23-18)14-3-6-22-16-13(14)2-5-21-16/h2-7,12H,8-10H2,1H3,(H,21,22)/t12-/m1/s1. The minimum Gasteiger partial charge on any atom is -0.377 e. The molecule has 0 aromatic carbocycles. The quantitative estimate of drug-likeness (QED) is 0.390. The molecule has 1 aliphatic heterocycles. The van der Waals surface area contributed by atoms with E-state index in [-0.39, 0.29) is 11.7 Å². The number of hydrogen-bond donors (Lipinski definition) is 1. The maximum atomic E-state index is 12.3. The molecule has 30 heavy (non-hydrogen) atoms. The van der Waals surface area contributed by atoms with Gasteiger partial charge < -0.3 is 14.6 Å². The molecule has 1 atom stereocenters. The molecule has 4 aromatic heterocycles. The van der Waals surface area contributed by atoms with Crippen LogP contribution in [0.15, 0.2) is 36.8 Å². The number of thiocyanates is 1. The lowest BCUT2D eigenvalue weighted by molar-refractivity contribution is 0.0987. The third kappa shape index (κ3) is 2.80. The van der Waals surface area contributed by atoms with Crippen LogP contribution in [0.4, 0.5) is 5.82 Å². The number of rotatable bonds is 3. The summed E-state index contributed by atoms with van der Waals surface area (Å²) >= 11 is 0. The molecule has 11 heteroatoms. The van der Waals surface area contributed by atoms with Crippen LogP contribution in [0.5, 0.6) is 0 Å². The van der Waals surface area contributed by atoms with Crippen LogP contribution in [0.3, 0.4) is 0 Å². The number of aromatic nitrogens is 5. The van der Waals surface area contributed by atoms with Crippen molar-refractivity contribution in [3.05, 3.63) is 36.8 Å². The van der Waals surface area contributed by atoms with Crippen LogP contribution >= 0.6 is 0 Å². The monoisotopic (exact) mass is 423 g/mol. The van der Waals surface area contributed by atoms with Crippen LogP contribution in [-0.2, 0) is 14.8 Å². The second kappa shape index (κ2) is 6.79. The summed E-state index contributed by atoms with van der Waals surface area (Å²) in [5.41, 5.74) is 1.56. The fourth-order valence-electron chi connectivity index (χ4n) is 3.75. The number of aromatic amines is 1. The molecule has 1 aliphatic rings.